The fourth-order valence-corrected chi connectivity index (χ4v) is 2.08. The molecular weight excluding hydrogens is 202 g/mol. The molecule has 0 aromatic heterocycles. The van der Waals surface area contributed by atoms with Crippen molar-refractivity contribution in [1.82, 2.24) is 5.32 Å². The Bertz CT molecular complexity index is 450. The van der Waals surface area contributed by atoms with E-state index in [2.05, 4.69) is 5.32 Å². The number of nitrogens with zero attached hydrogens (tertiary/aromatic N) is 2. The molecule has 0 saturated carbocycles. The van der Waals surface area contributed by atoms with Crippen LogP contribution in [0.5, 0.6) is 0 Å². The minimum atomic E-state index is -0.195. The van der Waals surface area contributed by atoms with Crippen molar-refractivity contribution in [3.63, 3.8) is 0 Å². The Morgan fingerprint density at radius 1 is 1.62 bits per heavy atom. The Morgan fingerprint density at radius 2 is 2.38 bits per heavy atom. The Morgan fingerprint density at radius 3 is 3.12 bits per heavy atom. The molecule has 2 amide bonds. The Labute approximate surface area is 94.5 Å². The topological polar surface area (TPSA) is 56.1 Å². The number of fused-ring (bicyclic) bond motifs is 1. The van der Waals surface area contributed by atoms with Crippen molar-refractivity contribution in [3.8, 4) is 6.07 Å². The van der Waals surface area contributed by atoms with Gasteiger partial charge in [0.25, 0.3) is 0 Å². The van der Waals surface area contributed by atoms with Gasteiger partial charge < -0.3 is 5.32 Å². The second-order valence-corrected chi connectivity index (χ2v) is 3.87. The highest BCUT2D eigenvalue weighted by atomic mass is 16.2. The van der Waals surface area contributed by atoms with Gasteiger partial charge in [0, 0.05) is 11.7 Å². The van der Waals surface area contributed by atoms with E-state index in [4.69, 9.17) is 5.26 Å². The number of carbonyl (C=O) groups excluding carboxylic acids is 1. The van der Waals surface area contributed by atoms with E-state index in [-0.39, 0.29) is 18.6 Å². The average Bonchev–Trinajstić information content (AvgIpc) is 2.62. The monoisotopic (exact) mass is 215 g/mol. The molecule has 0 saturated heterocycles. The zero-order chi connectivity index (χ0) is 11.5. The van der Waals surface area contributed by atoms with E-state index in [1.165, 1.54) is 5.56 Å². The highest BCUT2D eigenvalue weighted by Crippen LogP contribution is 2.31. The molecule has 0 radical (unpaired) electrons. The molecule has 1 atom stereocenters. The maximum absolute atomic E-state index is 11.8. The lowest BCUT2D eigenvalue weighted by atomic mass is 10.1. The molecule has 0 spiro atoms. The molecule has 1 aromatic carbocycles. The second kappa shape index (κ2) is 4.23. The number of carbonyl (C=O) groups is 1. The summed E-state index contributed by atoms with van der Waals surface area (Å²) in [5, 5.41) is 11.0. The van der Waals surface area contributed by atoms with Crippen LogP contribution in [-0.2, 0) is 6.42 Å². The largest absolute Gasteiger partial charge is 0.325 e. The minimum Gasteiger partial charge on any atom is -0.325 e. The van der Waals surface area contributed by atoms with Crippen LogP contribution in [0.25, 0.3) is 0 Å². The average molecular weight is 215 g/mol. The first-order valence-corrected chi connectivity index (χ1v) is 5.26. The lowest BCUT2D eigenvalue weighted by molar-refractivity contribution is 0.246. The van der Waals surface area contributed by atoms with Gasteiger partial charge in [-0.3, -0.25) is 4.90 Å². The van der Waals surface area contributed by atoms with E-state index in [9.17, 15) is 4.79 Å². The van der Waals surface area contributed by atoms with Crippen LogP contribution in [0.15, 0.2) is 24.3 Å². The summed E-state index contributed by atoms with van der Waals surface area (Å²) in [6.45, 7) is 2.05. The van der Waals surface area contributed by atoms with Gasteiger partial charge in [0.1, 0.15) is 6.54 Å². The maximum Gasteiger partial charge on any atom is 0.322 e. The summed E-state index contributed by atoms with van der Waals surface area (Å²) in [6.07, 6.45) is 0.871. The standard InChI is InChI=1S/C12H13N3O/c1-9-8-10-4-2-3-5-11(10)15(9)12(16)14-7-6-13/h2-5,9H,7-8H2,1H3,(H,14,16). The van der Waals surface area contributed by atoms with Crippen LogP contribution >= 0.6 is 0 Å². The zero-order valence-electron chi connectivity index (χ0n) is 9.10. The van der Waals surface area contributed by atoms with Crippen molar-refractivity contribution in [1.29, 1.82) is 5.26 Å². The van der Waals surface area contributed by atoms with E-state index in [1.54, 1.807) is 4.90 Å². The molecule has 0 bridgehead atoms. The third-order valence-electron chi connectivity index (χ3n) is 2.74. The number of amides is 2. The number of nitrogens with one attached hydrogen (secondary N) is 1. The smallest absolute Gasteiger partial charge is 0.322 e. The second-order valence-electron chi connectivity index (χ2n) is 3.87. The number of anilines is 1. The summed E-state index contributed by atoms with van der Waals surface area (Å²) in [4.78, 5) is 13.6. The number of urea groups is 1. The fraction of sp³-hybridized carbons (Fsp3) is 0.333. The zero-order valence-corrected chi connectivity index (χ0v) is 9.10. The predicted octanol–water partition coefficient (Wildman–Crippen LogP) is 1.67. The summed E-state index contributed by atoms with van der Waals surface area (Å²) in [5.74, 6) is 0. The highest BCUT2D eigenvalue weighted by Gasteiger charge is 2.30. The minimum absolute atomic E-state index is 0.0459. The fourth-order valence-electron chi connectivity index (χ4n) is 2.08. The van der Waals surface area contributed by atoms with Crippen LogP contribution in [0.3, 0.4) is 0 Å². The third kappa shape index (κ3) is 1.72. The number of para-hydroxylation sites is 1. The molecule has 0 fully saturated rings. The number of benzene rings is 1. The molecule has 1 aliphatic rings. The van der Waals surface area contributed by atoms with Crippen molar-refractivity contribution in [3.05, 3.63) is 29.8 Å². The Kier molecular flexibility index (Phi) is 2.78. The van der Waals surface area contributed by atoms with Crippen LogP contribution in [0.4, 0.5) is 10.5 Å². The van der Waals surface area contributed by atoms with Crippen molar-refractivity contribution in [2.75, 3.05) is 11.4 Å². The molecule has 1 N–H and O–H groups in total. The molecular formula is C12H13N3O. The van der Waals surface area contributed by atoms with Crippen molar-refractivity contribution < 1.29 is 4.79 Å². The Hall–Kier alpha value is -2.02. The van der Waals surface area contributed by atoms with Crippen LogP contribution < -0.4 is 10.2 Å². The van der Waals surface area contributed by atoms with Gasteiger partial charge in [-0.2, -0.15) is 5.26 Å². The molecule has 4 nitrogen and oxygen atoms in total. The SMILES string of the molecule is CC1Cc2ccccc2N1C(=O)NCC#N. The van der Waals surface area contributed by atoms with E-state index in [0.717, 1.165) is 12.1 Å². The predicted molar refractivity (Wildman–Crippen MR) is 61.1 cm³/mol. The molecule has 1 aliphatic heterocycles. The van der Waals surface area contributed by atoms with Crippen molar-refractivity contribution in [2.24, 2.45) is 0 Å². The molecule has 1 heterocycles. The summed E-state index contributed by atoms with van der Waals surface area (Å²) < 4.78 is 0. The van der Waals surface area contributed by atoms with E-state index in [0.29, 0.717) is 0 Å². The lowest BCUT2D eigenvalue weighted by Crippen LogP contribution is -2.43. The van der Waals surface area contributed by atoms with Crippen LogP contribution in [0.1, 0.15) is 12.5 Å². The van der Waals surface area contributed by atoms with E-state index >= 15 is 0 Å². The normalized spacial score (nSPS) is 17.8. The summed E-state index contributed by atoms with van der Waals surface area (Å²) in [7, 11) is 0. The van der Waals surface area contributed by atoms with Crippen molar-refractivity contribution >= 4 is 11.7 Å². The quantitative estimate of drug-likeness (QED) is 0.724. The van der Waals surface area contributed by atoms with E-state index in [1.807, 2.05) is 37.3 Å². The summed E-state index contributed by atoms with van der Waals surface area (Å²) in [5.41, 5.74) is 2.13. The third-order valence-corrected chi connectivity index (χ3v) is 2.74. The molecule has 1 aromatic rings. The van der Waals surface area contributed by atoms with E-state index < -0.39 is 0 Å². The number of rotatable bonds is 1. The van der Waals surface area contributed by atoms with Crippen LogP contribution in [-0.4, -0.2) is 18.6 Å². The lowest BCUT2D eigenvalue weighted by Gasteiger charge is -2.22. The van der Waals surface area contributed by atoms with Gasteiger partial charge in [0.15, 0.2) is 0 Å². The summed E-state index contributed by atoms with van der Waals surface area (Å²) in [6, 6.07) is 9.72. The van der Waals surface area contributed by atoms with Gasteiger partial charge in [-0.1, -0.05) is 18.2 Å². The van der Waals surface area contributed by atoms with Crippen LogP contribution in [0, 0.1) is 11.3 Å². The van der Waals surface area contributed by atoms with Gasteiger partial charge in [-0.15, -0.1) is 0 Å². The molecule has 16 heavy (non-hydrogen) atoms. The first-order chi connectivity index (χ1) is 7.74. The van der Waals surface area contributed by atoms with Gasteiger partial charge in [-0.25, -0.2) is 4.79 Å². The molecule has 2 rings (SSSR count). The number of nitriles is 1. The molecule has 4 heteroatoms. The summed E-state index contributed by atoms with van der Waals surface area (Å²) >= 11 is 0. The van der Waals surface area contributed by atoms with Gasteiger partial charge >= 0.3 is 6.03 Å². The highest BCUT2D eigenvalue weighted by molar-refractivity contribution is 5.95. The first kappa shape index (κ1) is 10.5. The van der Waals surface area contributed by atoms with Gasteiger partial charge in [0.05, 0.1) is 6.07 Å². The Balaban J connectivity index is 2.22. The molecule has 82 valence electrons. The van der Waals surface area contributed by atoms with Gasteiger partial charge in [0.2, 0.25) is 0 Å². The van der Waals surface area contributed by atoms with Crippen molar-refractivity contribution in [2.45, 2.75) is 19.4 Å². The number of hydrogen-bond donors (Lipinski definition) is 1. The molecule has 0 aliphatic carbocycles. The van der Waals surface area contributed by atoms with Gasteiger partial charge in [-0.05, 0) is 25.0 Å². The first-order valence-electron chi connectivity index (χ1n) is 5.26. The maximum atomic E-state index is 11.8. The van der Waals surface area contributed by atoms with Crippen LogP contribution in [0.2, 0.25) is 0 Å². The number of hydrogen-bond acceptors (Lipinski definition) is 2. The molecule has 1 unspecified atom stereocenters.